The number of thioether (sulfide) groups is 1. The Morgan fingerprint density at radius 2 is 1.96 bits per heavy atom. The van der Waals surface area contributed by atoms with Gasteiger partial charge in [-0.1, -0.05) is 18.7 Å². The number of primary sulfonamides is 1. The molecule has 1 unspecified atom stereocenters. The Morgan fingerprint density at radius 3 is 2.50 bits per heavy atom. The van der Waals surface area contributed by atoms with Crippen molar-refractivity contribution in [3.05, 3.63) is 47.7 Å². The van der Waals surface area contributed by atoms with Crippen molar-refractivity contribution in [3.63, 3.8) is 0 Å². The molecule has 1 aromatic heterocycles. The van der Waals surface area contributed by atoms with Crippen LogP contribution in [0.3, 0.4) is 0 Å². The van der Waals surface area contributed by atoms with Crippen LogP contribution in [-0.4, -0.2) is 24.6 Å². The van der Waals surface area contributed by atoms with Crippen molar-refractivity contribution in [1.82, 2.24) is 4.98 Å². The fourth-order valence-corrected chi connectivity index (χ4v) is 3.67. The first-order valence-electron chi connectivity index (χ1n) is 7.72. The van der Waals surface area contributed by atoms with Crippen LogP contribution in [-0.2, 0) is 14.8 Å². The van der Waals surface area contributed by atoms with E-state index in [1.165, 1.54) is 36.0 Å². The molecule has 0 saturated heterocycles. The summed E-state index contributed by atoms with van der Waals surface area (Å²) in [6.45, 7) is 3.68. The number of nitrogens with one attached hydrogen (secondary N) is 1. The number of hydrogen-bond acceptors (Lipinski definition) is 6. The number of rotatable bonds is 6. The highest BCUT2D eigenvalue weighted by Gasteiger charge is 2.21. The number of amides is 1. The third kappa shape index (κ3) is 5.05. The highest BCUT2D eigenvalue weighted by atomic mass is 32.2. The number of aryl methyl sites for hydroxylation is 1. The first kappa shape index (κ1) is 19.9. The van der Waals surface area contributed by atoms with Crippen molar-refractivity contribution in [1.29, 1.82) is 5.26 Å². The molecule has 1 amide bonds. The Hall–Kier alpha value is -2.41. The number of nitrogens with zero attached hydrogens (tertiary/aromatic N) is 2. The van der Waals surface area contributed by atoms with E-state index in [2.05, 4.69) is 16.4 Å². The lowest BCUT2D eigenvalue weighted by molar-refractivity contribution is -0.115. The molecule has 26 heavy (non-hydrogen) atoms. The maximum Gasteiger partial charge on any atom is 0.238 e. The molecule has 0 saturated carbocycles. The van der Waals surface area contributed by atoms with Crippen molar-refractivity contribution in [2.75, 3.05) is 5.32 Å². The average molecular weight is 390 g/mol. The lowest BCUT2D eigenvalue weighted by atomic mass is 10.2. The van der Waals surface area contributed by atoms with Crippen LogP contribution >= 0.6 is 11.8 Å². The predicted octanol–water partition coefficient (Wildman–Crippen LogP) is 2.42. The van der Waals surface area contributed by atoms with Crippen molar-refractivity contribution in [3.8, 4) is 6.07 Å². The number of anilines is 1. The van der Waals surface area contributed by atoms with E-state index in [1.54, 1.807) is 12.1 Å². The number of carbonyl (C=O) groups is 1. The number of aromatic nitrogens is 1. The van der Waals surface area contributed by atoms with Gasteiger partial charge in [0, 0.05) is 11.4 Å². The standard InChI is InChI=1S/C17H18N4O3S2/c1-3-15(25-17-12(10-18)5-4-11(2)20-17)16(22)21-13-6-8-14(9-7-13)26(19,23)24/h4-9,15H,3H2,1-2H3,(H,21,22)(H2,19,23,24). The van der Waals surface area contributed by atoms with Crippen LogP contribution in [0.1, 0.15) is 24.6 Å². The molecule has 2 aromatic rings. The van der Waals surface area contributed by atoms with E-state index in [1.807, 2.05) is 13.8 Å². The number of sulfonamides is 1. The van der Waals surface area contributed by atoms with Crippen molar-refractivity contribution in [2.45, 2.75) is 35.4 Å². The number of hydrogen-bond donors (Lipinski definition) is 2. The summed E-state index contributed by atoms with van der Waals surface area (Å²) in [5, 5.41) is 17.0. The zero-order chi connectivity index (χ0) is 19.3. The van der Waals surface area contributed by atoms with E-state index in [9.17, 15) is 18.5 Å². The summed E-state index contributed by atoms with van der Waals surface area (Å²) < 4.78 is 22.5. The van der Waals surface area contributed by atoms with Gasteiger partial charge in [-0.3, -0.25) is 4.79 Å². The zero-order valence-electron chi connectivity index (χ0n) is 14.3. The van der Waals surface area contributed by atoms with Crippen LogP contribution in [0.5, 0.6) is 0 Å². The summed E-state index contributed by atoms with van der Waals surface area (Å²) in [6, 6.07) is 11.1. The van der Waals surface area contributed by atoms with Crippen LogP contribution in [0.2, 0.25) is 0 Å². The van der Waals surface area contributed by atoms with Gasteiger partial charge >= 0.3 is 0 Å². The van der Waals surface area contributed by atoms with Gasteiger partial charge in [0.25, 0.3) is 0 Å². The maximum absolute atomic E-state index is 12.5. The number of nitrogens with two attached hydrogens (primary N) is 1. The van der Waals surface area contributed by atoms with Crippen LogP contribution in [0.15, 0.2) is 46.3 Å². The van der Waals surface area contributed by atoms with Gasteiger partial charge in [0.05, 0.1) is 15.7 Å². The summed E-state index contributed by atoms with van der Waals surface area (Å²) in [7, 11) is -3.78. The van der Waals surface area contributed by atoms with E-state index in [0.29, 0.717) is 22.7 Å². The number of nitriles is 1. The molecular formula is C17H18N4O3S2. The summed E-state index contributed by atoms with van der Waals surface area (Å²) in [4.78, 5) is 16.8. The first-order chi connectivity index (χ1) is 12.2. The minimum atomic E-state index is -3.78. The van der Waals surface area contributed by atoms with Gasteiger partial charge in [0.15, 0.2) is 0 Å². The largest absolute Gasteiger partial charge is 0.325 e. The number of benzene rings is 1. The molecule has 0 aliphatic rings. The molecule has 0 spiro atoms. The SMILES string of the molecule is CCC(Sc1nc(C)ccc1C#N)C(=O)Nc1ccc(S(N)(=O)=O)cc1. The molecule has 1 aromatic carbocycles. The van der Waals surface area contributed by atoms with Crippen molar-refractivity contribution >= 4 is 33.4 Å². The van der Waals surface area contributed by atoms with Crippen molar-refractivity contribution in [2.24, 2.45) is 5.14 Å². The zero-order valence-corrected chi connectivity index (χ0v) is 15.9. The fourth-order valence-electron chi connectivity index (χ4n) is 2.12. The predicted molar refractivity (Wildman–Crippen MR) is 100 cm³/mol. The number of pyridine rings is 1. The normalized spacial score (nSPS) is 12.2. The first-order valence-corrected chi connectivity index (χ1v) is 10.1. The third-order valence-corrected chi connectivity index (χ3v) is 5.78. The molecule has 1 atom stereocenters. The summed E-state index contributed by atoms with van der Waals surface area (Å²) in [5.41, 5.74) is 1.64. The molecule has 7 nitrogen and oxygen atoms in total. The Morgan fingerprint density at radius 1 is 1.31 bits per heavy atom. The minimum absolute atomic E-state index is 0.0282. The van der Waals surface area contributed by atoms with Gasteiger partial charge in [-0.2, -0.15) is 5.26 Å². The highest BCUT2D eigenvalue weighted by Crippen LogP contribution is 2.28. The van der Waals surface area contributed by atoms with Gasteiger partial charge < -0.3 is 5.32 Å². The van der Waals surface area contributed by atoms with E-state index in [4.69, 9.17) is 5.14 Å². The van der Waals surface area contributed by atoms with E-state index in [0.717, 1.165) is 5.69 Å². The number of carbonyl (C=O) groups excluding carboxylic acids is 1. The molecule has 3 N–H and O–H groups in total. The van der Waals surface area contributed by atoms with Gasteiger partial charge in [-0.05, 0) is 49.7 Å². The average Bonchev–Trinajstić information content (AvgIpc) is 2.59. The second-order valence-electron chi connectivity index (χ2n) is 5.49. The topological polar surface area (TPSA) is 126 Å². The Kier molecular flexibility index (Phi) is 6.37. The summed E-state index contributed by atoms with van der Waals surface area (Å²) >= 11 is 1.23. The molecule has 0 radical (unpaired) electrons. The molecule has 1 heterocycles. The van der Waals surface area contributed by atoms with Crippen LogP contribution in [0.25, 0.3) is 0 Å². The summed E-state index contributed by atoms with van der Waals surface area (Å²) in [6.07, 6.45) is 0.534. The Balaban J connectivity index is 2.14. The molecule has 2 rings (SSSR count). The van der Waals surface area contributed by atoms with Crippen LogP contribution in [0.4, 0.5) is 5.69 Å². The molecule has 0 fully saturated rings. The molecule has 0 aliphatic heterocycles. The minimum Gasteiger partial charge on any atom is -0.325 e. The molecular weight excluding hydrogens is 372 g/mol. The van der Waals surface area contributed by atoms with Gasteiger partial charge in [0.2, 0.25) is 15.9 Å². The van der Waals surface area contributed by atoms with Gasteiger partial charge in [-0.15, -0.1) is 0 Å². The van der Waals surface area contributed by atoms with E-state index in [-0.39, 0.29) is 10.8 Å². The lowest BCUT2D eigenvalue weighted by Gasteiger charge is -2.15. The molecule has 0 bridgehead atoms. The smallest absolute Gasteiger partial charge is 0.238 e. The third-order valence-electron chi connectivity index (χ3n) is 3.49. The Bertz CT molecular complexity index is 951. The van der Waals surface area contributed by atoms with Crippen LogP contribution in [0, 0.1) is 18.3 Å². The molecule has 136 valence electrons. The van der Waals surface area contributed by atoms with Gasteiger partial charge in [0.1, 0.15) is 11.1 Å². The van der Waals surface area contributed by atoms with E-state index < -0.39 is 15.3 Å². The summed E-state index contributed by atoms with van der Waals surface area (Å²) in [5.74, 6) is -0.256. The molecule has 0 aliphatic carbocycles. The van der Waals surface area contributed by atoms with E-state index >= 15 is 0 Å². The Labute approximate surface area is 156 Å². The van der Waals surface area contributed by atoms with Crippen LogP contribution < -0.4 is 10.5 Å². The monoisotopic (exact) mass is 390 g/mol. The molecule has 9 heteroatoms. The lowest BCUT2D eigenvalue weighted by Crippen LogP contribution is -2.25. The second-order valence-corrected chi connectivity index (χ2v) is 8.24. The quantitative estimate of drug-likeness (QED) is 0.730. The van der Waals surface area contributed by atoms with Crippen molar-refractivity contribution < 1.29 is 13.2 Å². The fraction of sp³-hybridized carbons (Fsp3) is 0.235. The maximum atomic E-state index is 12.5. The second kappa shape index (κ2) is 8.31. The highest BCUT2D eigenvalue weighted by molar-refractivity contribution is 8.00. The van der Waals surface area contributed by atoms with Gasteiger partial charge in [-0.25, -0.2) is 18.5 Å².